The predicted molar refractivity (Wildman–Crippen MR) is 117 cm³/mol. The molecule has 0 N–H and O–H groups in total. The molecule has 9 heteroatoms. The summed E-state index contributed by atoms with van der Waals surface area (Å²) in [5, 5.41) is 2.69. The maximum Gasteiger partial charge on any atom is 0.257 e. The third-order valence-corrected chi connectivity index (χ3v) is 8.18. The van der Waals surface area contributed by atoms with Crippen LogP contribution in [-0.2, 0) is 17.6 Å². The van der Waals surface area contributed by atoms with Gasteiger partial charge in [-0.3, -0.25) is 23.9 Å². The van der Waals surface area contributed by atoms with Crippen molar-refractivity contribution < 1.29 is 9.59 Å². The Balaban J connectivity index is 1.18. The summed E-state index contributed by atoms with van der Waals surface area (Å²) < 4.78 is 1.77. The molecule has 0 saturated carbocycles. The summed E-state index contributed by atoms with van der Waals surface area (Å²) in [6, 6.07) is 3.64. The molecular formula is C21H24N4O3S2. The van der Waals surface area contributed by atoms with Gasteiger partial charge in [-0.1, -0.05) is 17.8 Å². The van der Waals surface area contributed by atoms with Crippen LogP contribution in [0.1, 0.15) is 39.8 Å². The highest BCUT2D eigenvalue weighted by atomic mass is 32.2. The average Bonchev–Trinajstić information content (AvgIpc) is 3.50. The minimum absolute atomic E-state index is 0.0622. The molecule has 3 aliphatic rings. The van der Waals surface area contributed by atoms with E-state index in [1.807, 2.05) is 22.4 Å². The molecule has 1 fully saturated rings. The number of fused-ring (bicyclic) bond motifs is 2. The quantitative estimate of drug-likeness (QED) is 0.518. The summed E-state index contributed by atoms with van der Waals surface area (Å²) in [4.78, 5) is 47.6. The van der Waals surface area contributed by atoms with Crippen LogP contribution in [0.2, 0.25) is 0 Å². The molecule has 0 radical (unpaired) electrons. The molecule has 0 aromatic carbocycles. The lowest BCUT2D eigenvalue weighted by atomic mass is 10.1. The second kappa shape index (κ2) is 8.28. The number of carbonyl (C=O) groups excluding carboxylic acids is 2. The number of carbonyl (C=O) groups is 2. The number of thiophene rings is 1. The van der Waals surface area contributed by atoms with Crippen molar-refractivity contribution in [3.05, 3.63) is 44.0 Å². The van der Waals surface area contributed by atoms with Crippen LogP contribution in [0.4, 0.5) is 0 Å². The van der Waals surface area contributed by atoms with Gasteiger partial charge in [0.05, 0.1) is 23.2 Å². The molecule has 2 aliphatic heterocycles. The molecule has 7 nitrogen and oxygen atoms in total. The highest BCUT2D eigenvalue weighted by Crippen LogP contribution is 2.34. The number of nitrogens with zero attached hydrogens (tertiary/aromatic N) is 4. The largest absolute Gasteiger partial charge is 0.340 e. The number of ketones is 1. The Labute approximate surface area is 183 Å². The molecule has 158 valence electrons. The standard InChI is InChI=1S/C21H24N4O3S2/c26-17(18-5-2-10-29-18)12-23-6-8-24(9-7-23)19(27)11-14-13-30-21-22-16-4-1-3-15(16)20(28)25(14)21/h2,5,10,14H,1,3-4,6-9,11-13H2. The number of Topliss-reactive ketones (excluding diaryl/α,β-unsaturated/α-hetero) is 1. The molecule has 0 bridgehead atoms. The fourth-order valence-corrected chi connectivity index (χ4v) is 6.32. The minimum atomic E-state index is -0.109. The van der Waals surface area contributed by atoms with Gasteiger partial charge in [-0.05, 0) is 30.7 Å². The molecule has 2 aromatic rings. The Bertz CT molecular complexity index is 1030. The van der Waals surface area contributed by atoms with Crippen LogP contribution in [0.25, 0.3) is 0 Å². The number of hydrogen-bond donors (Lipinski definition) is 0. The Morgan fingerprint density at radius 3 is 2.77 bits per heavy atom. The molecule has 1 amide bonds. The van der Waals surface area contributed by atoms with Gasteiger partial charge < -0.3 is 4.90 Å². The first-order chi connectivity index (χ1) is 14.6. The summed E-state index contributed by atoms with van der Waals surface area (Å²) in [6.07, 6.45) is 3.03. The van der Waals surface area contributed by atoms with Crippen LogP contribution < -0.4 is 5.56 Å². The Hall–Kier alpha value is -1.97. The monoisotopic (exact) mass is 444 g/mol. The van der Waals surface area contributed by atoms with E-state index in [2.05, 4.69) is 9.88 Å². The Kier molecular flexibility index (Phi) is 5.51. The number of piperazine rings is 1. The molecule has 1 aliphatic carbocycles. The minimum Gasteiger partial charge on any atom is -0.340 e. The molecule has 1 unspecified atom stereocenters. The van der Waals surface area contributed by atoms with Crippen LogP contribution in [0.5, 0.6) is 0 Å². The third kappa shape index (κ3) is 3.74. The first kappa shape index (κ1) is 20.0. The van der Waals surface area contributed by atoms with Crippen molar-refractivity contribution in [3.63, 3.8) is 0 Å². The first-order valence-electron chi connectivity index (χ1n) is 10.4. The van der Waals surface area contributed by atoms with Gasteiger partial charge in [0.2, 0.25) is 5.91 Å². The number of aryl methyl sites for hydroxylation is 1. The van der Waals surface area contributed by atoms with E-state index >= 15 is 0 Å². The molecule has 5 rings (SSSR count). The zero-order chi connectivity index (χ0) is 20.7. The molecule has 2 aromatic heterocycles. The van der Waals surface area contributed by atoms with Crippen molar-refractivity contribution in [3.8, 4) is 0 Å². The molecule has 30 heavy (non-hydrogen) atoms. The van der Waals surface area contributed by atoms with Crippen molar-refractivity contribution in [2.45, 2.75) is 36.9 Å². The van der Waals surface area contributed by atoms with Gasteiger partial charge in [0.25, 0.3) is 5.56 Å². The van der Waals surface area contributed by atoms with E-state index in [4.69, 9.17) is 0 Å². The molecule has 1 saturated heterocycles. The topological polar surface area (TPSA) is 75.5 Å². The van der Waals surface area contributed by atoms with Crippen molar-refractivity contribution in [1.82, 2.24) is 19.4 Å². The maximum atomic E-state index is 12.9. The highest BCUT2D eigenvalue weighted by Gasteiger charge is 2.33. The van der Waals surface area contributed by atoms with Crippen LogP contribution in [0.15, 0.2) is 27.5 Å². The molecule has 4 heterocycles. The van der Waals surface area contributed by atoms with Crippen LogP contribution in [0, 0.1) is 0 Å². The summed E-state index contributed by atoms with van der Waals surface area (Å²) in [5.74, 6) is 0.959. The number of thioether (sulfide) groups is 1. The van der Waals surface area contributed by atoms with E-state index in [1.54, 1.807) is 16.3 Å². The van der Waals surface area contributed by atoms with Crippen molar-refractivity contribution in [1.29, 1.82) is 0 Å². The van der Waals surface area contributed by atoms with Gasteiger partial charge in [0.1, 0.15) is 0 Å². The first-order valence-corrected chi connectivity index (χ1v) is 12.3. The van der Waals surface area contributed by atoms with Crippen LogP contribution >= 0.6 is 23.1 Å². The number of hydrogen-bond acceptors (Lipinski definition) is 7. The lowest BCUT2D eigenvalue weighted by molar-refractivity contribution is -0.133. The lowest BCUT2D eigenvalue weighted by Crippen LogP contribution is -2.50. The smallest absolute Gasteiger partial charge is 0.257 e. The fraction of sp³-hybridized carbons (Fsp3) is 0.524. The van der Waals surface area contributed by atoms with Gasteiger partial charge in [-0.2, -0.15) is 0 Å². The fourth-order valence-electron chi connectivity index (χ4n) is 4.51. The van der Waals surface area contributed by atoms with Gasteiger partial charge in [0, 0.05) is 43.9 Å². The SMILES string of the molecule is O=C(CN1CCN(C(=O)CC2CSc3nc4c(c(=O)n32)CCC4)CC1)c1cccs1. The zero-order valence-corrected chi connectivity index (χ0v) is 18.3. The van der Waals surface area contributed by atoms with E-state index in [0.717, 1.165) is 46.3 Å². The van der Waals surface area contributed by atoms with Gasteiger partial charge in [-0.25, -0.2) is 4.98 Å². The van der Waals surface area contributed by atoms with Gasteiger partial charge >= 0.3 is 0 Å². The second-order valence-electron chi connectivity index (χ2n) is 8.07. The average molecular weight is 445 g/mol. The van der Waals surface area contributed by atoms with E-state index in [0.29, 0.717) is 39.1 Å². The van der Waals surface area contributed by atoms with E-state index in [9.17, 15) is 14.4 Å². The summed E-state index contributed by atoms with van der Waals surface area (Å²) in [5.41, 5.74) is 1.87. The molecule has 1 atom stereocenters. The Morgan fingerprint density at radius 1 is 1.17 bits per heavy atom. The maximum absolute atomic E-state index is 12.9. The van der Waals surface area contributed by atoms with E-state index in [-0.39, 0.29) is 23.3 Å². The van der Waals surface area contributed by atoms with E-state index in [1.165, 1.54) is 11.3 Å². The summed E-state index contributed by atoms with van der Waals surface area (Å²) in [6.45, 7) is 3.06. The highest BCUT2D eigenvalue weighted by molar-refractivity contribution is 7.99. The normalized spacial score (nSPS) is 20.9. The predicted octanol–water partition coefficient (Wildman–Crippen LogP) is 1.86. The number of rotatable bonds is 5. The van der Waals surface area contributed by atoms with Crippen molar-refractivity contribution >= 4 is 34.8 Å². The lowest BCUT2D eigenvalue weighted by Gasteiger charge is -2.34. The summed E-state index contributed by atoms with van der Waals surface area (Å²) >= 11 is 3.06. The van der Waals surface area contributed by atoms with Gasteiger partial charge in [-0.15, -0.1) is 11.3 Å². The molecule has 0 spiro atoms. The van der Waals surface area contributed by atoms with Crippen LogP contribution in [0.3, 0.4) is 0 Å². The third-order valence-electron chi connectivity index (χ3n) is 6.17. The molecular weight excluding hydrogens is 420 g/mol. The van der Waals surface area contributed by atoms with Crippen molar-refractivity contribution in [2.24, 2.45) is 0 Å². The zero-order valence-electron chi connectivity index (χ0n) is 16.7. The van der Waals surface area contributed by atoms with E-state index < -0.39 is 0 Å². The van der Waals surface area contributed by atoms with Gasteiger partial charge in [0.15, 0.2) is 10.9 Å². The second-order valence-corrected chi connectivity index (χ2v) is 10.0. The Morgan fingerprint density at radius 2 is 2.00 bits per heavy atom. The van der Waals surface area contributed by atoms with Crippen molar-refractivity contribution in [2.75, 3.05) is 38.5 Å². The number of amides is 1. The van der Waals surface area contributed by atoms with Crippen LogP contribution in [-0.4, -0.2) is 69.5 Å². The summed E-state index contributed by atoms with van der Waals surface area (Å²) in [7, 11) is 0. The number of aromatic nitrogens is 2.